The third kappa shape index (κ3) is 3.53. The van der Waals surface area contributed by atoms with Gasteiger partial charge in [0.1, 0.15) is 17.3 Å². The van der Waals surface area contributed by atoms with Crippen LogP contribution in [0.1, 0.15) is 30.4 Å². The molecule has 1 saturated carbocycles. The molecule has 0 amide bonds. The molecule has 2 N–H and O–H groups in total. The molecule has 3 aromatic rings. The molecular formula is C21H20FNO5. The zero-order chi connectivity index (χ0) is 19.7. The van der Waals surface area contributed by atoms with Gasteiger partial charge in [-0.3, -0.25) is 0 Å². The molecule has 1 aliphatic carbocycles. The van der Waals surface area contributed by atoms with E-state index in [1.54, 1.807) is 24.4 Å². The van der Waals surface area contributed by atoms with Crippen molar-refractivity contribution in [3.63, 3.8) is 0 Å². The van der Waals surface area contributed by atoms with Gasteiger partial charge in [-0.1, -0.05) is 6.07 Å². The predicted octanol–water partition coefficient (Wildman–Crippen LogP) is 4.31. The molecule has 1 fully saturated rings. The minimum atomic E-state index is -1.43. The van der Waals surface area contributed by atoms with Crippen molar-refractivity contribution in [2.24, 2.45) is 0 Å². The lowest BCUT2D eigenvalue weighted by atomic mass is 9.96. The molecule has 146 valence electrons. The van der Waals surface area contributed by atoms with Crippen molar-refractivity contribution in [1.82, 2.24) is 4.57 Å². The molecule has 2 aromatic carbocycles. The largest absolute Gasteiger partial charge is 0.511 e. The summed E-state index contributed by atoms with van der Waals surface area (Å²) >= 11 is 0. The zero-order valence-corrected chi connectivity index (χ0v) is 15.1. The van der Waals surface area contributed by atoms with Crippen molar-refractivity contribution in [2.45, 2.75) is 38.5 Å². The molecule has 28 heavy (non-hydrogen) atoms. The summed E-state index contributed by atoms with van der Waals surface area (Å²) in [5, 5.41) is 19.2. The van der Waals surface area contributed by atoms with Crippen molar-refractivity contribution >= 4 is 17.1 Å². The standard InChI is InChI=1S/C21H20FNO5/c22-15-7-8-18(27-16-3-1-4-16)13(9-15)10-23-11-14(12-24)20-17(23)5-2-6-19(20)28-21(25)26/h2,5-9,11,16,24H,1,3-4,10,12H2,(H,25,26). The molecule has 0 unspecified atom stereocenters. The van der Waals surface area contributed by atoms with E-state index in [9.17, 15) is 14.3 Å². The fraction of sp³-hybridized carbons (Fsp3) is 0.286. The molecule has 0 saturated heterocycles. The highest BCUT2D eigenvalue weighted by atomic mass is 19.1. The summed E-state index contributed by atoms with van der Waals surface area (Å²) in [5.41, 5.74) is 1.89. The topological polar surface area (TPSA) is 80.9 Å². The van der Waals surface area contributed by atoms with E-state index < -0.39 is 6.16 Å². The summed E-state index contributed by atoms with van der Waals surface area (Å²) in [6.07, 6.45) is 3.58. The Labute approximate surface area is 160 Å². The summed E-state index contributed by atoms with van der Waals surface area (Å²) in [5.74, 6) is 0.430. The quantitative estimate of drug-likeness (QED) is 0.488. The van der Waals surface area contributed by atoms with Crippen LogP contribution in [0.3, 0.4) is 0 Å². The number of aliphatic hydroxyl groups is 1. The fourth-order valence-corrected chi connectivity index (χ4v) is 3.47. The number of aromatic nitrogens is 1. The maximum atomic E-state index is 13.9. The smallest absolute Gasteiger partial charge is 0.490 e. The lowest BCUT2D eigenvalue weighted by molar-refractivity contribution is 0.119. The van der Waals surface area contributed by atoms with E-state index in [2.05, 4.69) is 0 Å². The van der Waals surface area contributed by atoms with Crippen LogP contribution in [0.4, 0.5) is 9.18 Å². The first-order valence-corrected chi connectivity index (χ1v) is 9.12. The number of carbonyl (C=O) groups is 1. The Bertz CT molecular complexity index is 1030. The fourth-order valence-electron chi connectivity index (χ4n) is 3.47. The summed E-state index contributed by atoms with van der Waals surface area (Å²) < 4.78 is 26.6. The van der Waals surface area contributed by atoms with E-state index in [1.807, 2.05) is 4.57 Å². The van der Waals surface area contributed by atoms with E-state index in [0.717, 1.165) is 19.3 Å². The van der Waals surface area contributed by atoms with Gasteiger partial charge in [0.15, 0.2) is 0 Å². The molecule has 0 atom stereocenters. The molecule has 1 aliphatic rings. The van der Waals surface area contributed by atoms with Crippen LogP contribution in [0.2, 0.25) is 0 Å². The number of fused-ring (bicyclic) bond motifs is 1. The molecule has 7 heteroatoms. The average molecular weight is 385 g/mol. The van der Waals surface area contributed by atoms with Crippen LogP contribution >= 0.6 is 0 Å². The van der Waals surface area contributed by atoms with Crippen molar-refractivity contribution in [1.29, 1.82) is 0 Å². The van der Waals surface area contributed by atoms with Crippen LogP contribution in [-0.4, -0.2) is 27.0 Å². The molecule has 1 heterocycles. The van der Waals surface area contributed by atoms with Crippen LogP contribution < -0.4 is 9.47 Å². The van der Waals surface area contributed by atoms with Gasteiger partial charge in [-0.25, -0.2) is 9.18 Å². The number of hydrogen-bond donors (Lipinski definition) is 2. The van der Waals surface area contributed by atoms with Gasteiger partial charge >= 0.3 is 6.16 Å². The first-order chi connectivity index (χ1) is 13.5. The Kier molecular flexibility index (Phi) is 4.92. The maximum Gasteiger partial charge on any atom is 0.511 e. The van der Waals surface area contributed by atoms with Crippen LogP contribution in [-0.2, 0) is 13.2 Å². The molecule has 6 nitrogen and oxygen atoms in total. The van der Waals surface area contributed by atoms with Crippen LogP contribution in [0.15, 0.2) is 42.6 Å². The number of halogens is 1. The third-order valence-electron chi connectivity index (χ3n) is 5.02. The predicted molar refractivity (Wildman–Crippen MR) is 100 cm³/mol. The van der Waals surface area contributed by atoms with Crippen LogP contribution in [0, 0.1) is 5.82 Å². The lowest BCUT2D eigenvalue weighted by Gasteiger charge is -2.27. The molecule has 4 rings (SSSR count). The Morgan fingerprint density at radius 3 is 2.68 bits per heavy atom. The molecular weight excluding hydrogens is 365 g/mol. The normalized spacial score (nSPS) is 14.1. The van der Waals surface area contributed by atoms with Gasteiger partial charge < -0.3 is 24.3 Å². The minimum absolute atomic E-state index is 0.151. The van der Waals surface area contributed by atoms with E-state index >= 15 is 0 Å². The van der Waals surface area contributed by atoms with Crippen molar-refractivity contribution in [3.8, 4) is 11.5 Å². The Morgan fingerprint density at radius 1 is 1.18 bits per heavy atom. The van der Waals surface area contributed by atoms with E-state index in [4.69, 9.17) is 14.6 Å². The Hall–Kier alpha value is -3.06. The average Bonchev–Trinajstić information content (AvgIpc) is 2.98. The molecule has 0 spiro atoms. The van der Waals surface area contributed by atoms with E-state index in [1.165, 1.54) is 18.2 Å². The van der Waals surface area contributed by atoms with Crippen LogP contribution in [0.5, 0.6) is 11.5 Å². The lowest BCUT2D eigenvalue weighted by Crippen LogP contribution is -2.25. The van der Waals surface area contributed by atoms with Gasteiger partial charge in [0.05, 0.1) is 24.8 Å². The van der Waals surface area contributed by atoms with Crippen molar-refractivity contribution in [3.05, 3.63) is 59.5 Å². The Balaban J connectivity index is 1.74. The monoisotopic (exact) mass is 385 g/mol. The summed E-state index contributed by atoms with van der Waals surface area (Å²) in [6.45, 7) is 0.0327. The number of hydrogen-bond acceptors (Lipinski definition) is 4. The summed E-state index contributed by atoms with van der Waals surface area (Å²) in [7, 11) is 0. The maximum absolute atomic E-state index is 13.9. The van der Waals surface area contributed by atoms with Gasteiger partial charge in [0.2, 0.25) is 0 Å². The number of nitrogens with zero attached hydrogens (tertiary/aromatic N) is 1. The van der Waals surface area contributed by atoms with Crippen molar-refractivity contribution in [2.75, 3.05) is 0 Å². The summed E-state index contributed by atoms with van der Waals surface area (Å²) in [6, 6.07) is 9.47. The first-order valence-electron chi connectivity index (χ1n) is 9.12. The second kappa shape index (κ2) is 7.52. The number of benzene rings is 2. The second-order valence-corrected chi connectivity index (χ2v) is 6.88. The molecule has 1 aromatic heterocycles. The third-order valence-corrected chi connectivity index (χ3v) is 5.02. The molecule has 0 bridgehead atoms. The summed E-state index contributed by atoms with van der Waals surface area (Å²) in [4.78, 5) is 11.0. The van der Waals surface area contributed by atoms with Gasteiger partial charge in [-0.2, -0.15) is 0 Å². The highest BCUT2D eigenvalue weighted by molar-refractivity contribution is 5.91. The number of ether oxygens (including phenoxy) is 2. The van der Waals surface area contributed by atoms with Crippen molar-refractivity contribution < 1.29 is 28.9 Å². The van der Waals surface area contributed by atoms with Gasteiger partial charge in [0.25, 0.3) is 0 Å². The van der Waals surface area contributed by atoms with Crippen LogP contribution in [0.25, 0.3) is 10.9 Å². The molecule has 0 aliphatic heterocycles. The minimum Gasteiger partial charge on any atom is -0.490 e. The van der Waals surface area contributed by atoms with Gasteiger partial charge in [-0.05, 0) is 49.6 Å². The number of aliphatic hydroxyl groups excluding tert-OH is 1. The number of carboxylic acid groups (broad SMARTS) is 1. The van der Waals surface area contributed by atoms with E-state index in [-0.39, 0.29) is 24.3 Å². The van der Waals surface area contributed by atoms with E-state index in [0.29, 0.717) is 34.3 Å². The van der Waals surface area contributed by atoms with Gasteiger partial charge in [0, 0.05) is 22.7 Å². The second-order valence-electron chi connectivity index (χ2n) is 6.88. The number of rotatable bonds is 6. The highest BCUT2D eigenvalue weighted by Crippen LogP contribution is 2.33. The highest BCUT2D eigenvalue weighted by Gasteiger charge is 2.21. The van der Waals surface area contributed by atoms with Gasteiger partial charge in [-0.15, -0.1) is 0 Å². The Morgan fingerprint density at radius 2 is 2.00 bits per heavy atom. The zero-order valence-electron chi connectivity index (χ0n) is 15.1. The first kappa shape index (κ1) is 18.3. The molecule has 0 radical (unpaired) electrons. The SMILES string of the molecule is O=C(O)Oc1cccc2c1c(CO)cn2Cc1cc(F)ccc1OC1CCC1.